The maximum atomic E-state index is 13.3. The zero-order valence-electron chi connectivity index (χ0n) is 16.4. The highest BCUT2D eigenvalue weighted by atomic mass is 35.5. The lowest BCUT2D eigenvalue weighted by molar-refractivity contribution is 0.0986. The Labute approximate surface area is 194 Å². The molecule has 0 saturated heterocycles. The average Bonchev–Trinajstić information content (AvgIpc) is 3.27. The van der Waals surface area contributed by atoms with Crippen molar-refractivity contribution in [2.45, 2.75) is 6.42 Å². The summed E-state index contributed by atoms with van der Waals surface area (Å²) in [5.74, 6) is 1.17. The molecule has 2 heterocycles. The molecule has 1 aromatic heterocycles. The van der Waals surface area contributed by atoms with Gasteiger partial charge < -0.3 is 14.4 Å². The quantitative estimate of drug-likeness (QED) is 0.468. The largest absolute Gasteiger partial charge is 0.454 e. The van der Waals surface area contributed by atoms with E-state index in [-0.39, 0.29) is 25.1 Å². The van der Waals surface area contributed by atoms with E-state index in [4.69, 9.17) is 32.7 Å². The molecule has 0 radical (unpaired) electrons. The van der Waals surface area contributed by atoms with Crippen molar-refractivity contribution in [3.63, 3.8) is 0 Å². The summed E-state index contributed by atoms with van der Waals surface area (Å²) in [5.41, 5.74) is 1.20. The van der Waals surface area contributed by atoms with Crippen molar-refractivity contribution in [1.82, 2.24) is 9.88 Å². The van der Waals surface area contributed by atoms with Crippen LogP contribution in [0.2, 0.25) is 10.0 Å². The van der Waals surface area contributed by atoms with Gasteiger partial charge in [-0.1, -0.05) is 34.5 Å². The molecule has 160 valence electrons. The number of fused-ring (bicyclic) bond motifs is 2. The summed E-state index contributed by atoms with van der Waals surface area (Å²) >= 11 is 13.7. The molecule has 1 amide bonds. The van der Waals surface area contributed by atoms with Gasteiger partial charge in [-0.15, -0.1) is 12.4 Å². The van der Waals surface area contributed by atoms with Gasteiger partial charge in [0, 0.05) is 34.3 Å². The molecule has 30 heavy (non-hydrogen) atoms. The number of hydrogen-bond donors (Lipinski definition) is 0. The lowest BCUT2D eigenvalue weighted by atomic mass is 10.2. The summed E-state index contributed by atoms with van der Waals surface area (Å²) in [5, 5.41) is 1.46. The summed E-state index contributed by atoms with van der Waals surface area (Å²) in [6.45, 7) is 1.58. The van der Waals surface area contributed by atoms with E-state index in [9.17, 15) is 4.79 Å². The minimum atomic E-state index is -0.188. The van der Waals surface area contributed by atoms with Crippen LogP contribution in [-0.4, -0.2) is 49.8 Å². The molecule has 1 aliphatic rings. The van der Waals surface area contributed by atoms with E-state index in [1.807, 2.05) is 26.2 Å². The van der Waals surface area contributed by atoms with Gasteiger partial charge in [0.15, 0.2) is 16.6 Å². The first-order valence-electron chi connectivity index (χ1n) is 9.03. The third-order valence-electron chi connectivity index (χ3n) is 4.44. The fourth-order valence-corrected chi connectivity index (χ4v) is 4.61. The Hall–Kier alpha value is -1.77. The fraction of sp³-hybridized carbons (Fsp3) is 0.300. The number of carbonyl (C=O) groups excluding carboxylic acids is 1. The highest BCUT2D eigenvalue weighted by Gasteiger charge is 2.23. The molecule has 0 spiro atoms. The molecule has 0 atom stereocenters. The summed E-state index contributed by atoms with van der Waals surface area (Å²) in [6.07, 6.45) is 0.797. The van der Waals surface area contributed by atoms with E-state index in [2.05, 4.69) is 9.88 Å². The van der Waals surface area contributed by atoms with Gasteiger partial charge >= 0.3 is 0 Å². The lowest BCUT2D eigenvalue weighted by Gasteiger charge is -2.21. The molecule has 0 saturated carbocycles. The van der Waals surface area contributed by atoms with Crippen molar-refractivity contribution in [2.24, 2.45) is 0 Å². The minimum absolute atomic E-state index is 0. The number of amides is 1. The summed E-state index contributed by atoms with van der Waals surface area (Å²) in [4.78, 5) is 21.8. The number of ether oxygens (including phenoxy) is 2. The number of carbonyl (C=O) groups is 1. The molecule has 3 aromatic rings. The van der Waals surface area contributed by atoms with Crippen LogP contribution in [0, 0.1) is 0 Å². The molecular weight excluding hydrogens is 469 g/mol. The van der Waals surface area contributed by atoms with Crippen molar-refractivity contribution in [1.29, 1.82) is 0 Å². The molecule has 0 N–H and O–H groups in total. The minimum Gasteiger partial charge on any atom is -0.454 e. The molecule has 2 aromatic carbocycles. The van der Waals surface area contributed by atoms with Crippen LogP contribution in [-0.2, 0) is 0 Å². The SMILES string of the molecule is CN(C)CCCN(C(=O)c1cc(Cl)cc(Cl)c1)c1nc2cc3c(cc2s1)OCO3.Cl. The normalized spacial score (nSPS) is 12.3. The summed E-state index contributed by atoms with van der Waals surface area (Å²) < 4.78 is 11.8. The van der Waals surface area contributed by atoms with Crippen molar-refractivity contribution < 1.29 is 14.3 Å². The van der Waals surface area contributed by atoms with E-state index >= 15 is 0 Å². The lowest BCUT2D eigenvalue weighted by Crippen LogP contribution is -2.33. The summed E-state index contributed by atoms with van der Waals surface area (Å²) in [7, 11) is 4.00. The molecule has 0 unspecified atom stereocenters. The van der Waals surface area contributed by atoms with Crippen LogP contribution < -0.4 is 14.4 Å². The number of hydrogen-bond acceptors (Lipinski definition) is 6. The molecule has 0 aliphatic carbocycles. The monoisotopic (exact) mass is 487 g/mol. The van der Waals surface area contributed by atoms with Crippen molar-refractivity contribution in [3.8, 4) is 11.5 Å². The smallest absolute Gasteiger partial charge is 0.260 e. The van der Waals surface area contributed by atoms with Crippen molar-refractivity contribution >= 4 is 68.2 Å². The van der Waals surface area contributed by atoms with Crippen LogP contribution in [0.15, 0.2) is 30.3 Å². The molecule has 1 aliphatic heterocycles. The van der Waals surface area contributed by atoms with Gasteiger partial charge in [-0.3, -0.25) is 9.69 Å². The third kappa shape index (κ3) is 4.92. The first-order chi connectivity index (χ1) is 13.9. The number of thiazole rings is 1. The second kappa shape index (κ2) is 9.58. The number of benzene rings is 2. The Bertz CT molecular complexity index is 1010. The molecular formula is C20H20Cl3N3O3S. The molecule has 10 heteroatoms. The Morgan fingerprint density at radius 2 is 1.73 bits per heavy atom. The third-order valence-corrected chi connectivity index (χ3v) is 5.92. The van der Waals surface area contributed by atoms with Crippen LogP contribution >= 0.6 is 46.9 Å². The highest BCUT2D eigenvalue weighted by Crippen LogP contribution is 2.40. The van der Waals surface area contributed by atoms with Crippen LogP contribution in [0.25, 0.3) is 10.2 Å². The topological polar surface area (TPSA) is 54.9 Å². The van der Waals surface area contributed by atoms with Crippen LogP contribution in [0.3, 0.4) is 0 Å². The standard InChI is InChI=1S/C20H19Cl2N3O3S.ClH/c1-24(2)4-3-5-25(19(26)12-6-13(21)8-14(22)7-12)20-23-15-9-16-17(28-11-27-16)10-18(15)29-20;/h6-10H,3-5,11H2,1-2H3;1H. The predicted octanol–water partition coefficient (Wildman–Crippen LogP) is 5.35. The Balaban J connectivity index is 0.00000256. The number of halogens is 3. The first-order valence-corrected chi connectivity index (χ1v) is 10.6. The van der Waals surface area contributed by atoms with Crippen LogP contribution in [0.4, 0.5) is 5.13 Å². The average molecular weight is 489 g/mol. The zero-order chi connectivity index (χ0) is 20.5. The van der Waals surface area contributed by atoms with Crippen LogP contribution in [0.5, 0.6) is 11.5 Å². The van der Waals surface area contributed by atoms with E-state index in [1.54, 1.807) is 23.1 Å². The van der Waals surface area contributed by atoms with E-state index in [1.165, 1.54) is 11.3 Å². The van der Waals surface area contributed by atoms with Gasteiger partial charge in [0.05, 0.1) is 10.2 Å². The van der Waals surface area contributed by atoms with Gasteiger partial charge in [0.1, 0.15) is 0 Å². The summed E-state index contributed by atoms with van der Waals surface area (Å²) in [6, 6.07) is 8.60. The Kier molecular flexibility index (Phi) is 7.31. The van der Waals surface area contributed by atoms with Gasteiger partial charge in [0.2, 0.25) is 6.79 Å². The van der Waals surface area contributed by atoms with Gasteiger partial charge in [-0.05, 0) is 45.3 Å². The molecule has 4 rings (SSSR count). The Morgan fingerprint density at radius 3 is 2.40 bits per heavy atom. The van der Waals surface area contributed by atoms with Crippen LogP contribution in [0.1, 0.15) is 16.8 Å². The predicted molar refractivity (Wildman–Crippen MR) is 124 cm³/mol. The second-order valence-electron chi connectivity index (χ2n) is 6.94. The molecule has 0 fully saturated rings. The number of aromatic nitrogens is 1. The Morgan fingerprint density at radius 1 is 1.07 bits per heavy atom. The number of rotatable bonds is 6. The molecule has 0 bridgehead atoms. The highest BCUT2D eigenvalue weighted by molar-refractivity contribution is 7.22. The van der Waals surface area contributed by atoms with Gasteiger partial charge in [-0.2, -0.15) is 0 Å². The van der Waals surface area contributed by atoms with E-state index in [0.29, 0.717) is 38.8 Å². The van der Waals surface area contributed by atoms with Gasteiger partial charge in [0.25, 0.3) is 5.91 Å². The number of nitrogens with zero attached hydrogens (tertiary/aromatic N) is 3. The maximum absolute atomic E-state index is 13.3. The number of anilines is 1. The fourth-order valence-electron chi connectivity index (χ4n) is 3.08. The van der Waals surface area contributed by atoms with Gasteiger partial charge in [-0.25, -0.2) is 4.98 Å². The van der Waals surface area contributed by atoms with Crippen molar-refractivity contribution in [3.05, 3.63) is 45.9 Å². The van der Waals surface area contributed by atoms with E-state index < -0.39 is 0 Å². The first kappa shape index (κ1) is 22.9. The molecule has 6 nitrogen and oxygen atoms in total. The maximum Gasteiger partial charge on any atom is 0.260 e. The second-order valence-corrected chi connectivity index (χ2v) is 8.82. The van der Waals surface area contributed by atoms with Crippen molar-refractivity contribution in [2.75, 3.05) is 38.9 Å². The zero-order valence-corrected chi connectivity index (χ0v) is 19.5. The van der Waals surface area contributed by atoms with E-state index in [0.717, 1.165) is 23.2 Å².